The molecule has 1 saturated heterocycles. The van der Waals surface area contributed by atoms with E-state index in [9.17, 15) is 14.4 Å². The van der Waals surface area contributed by atoms with Gasteiger partial charge in [0, 0.05) is 11.0 Å². The van der Waals surface area contributed by atoms with Crippen molar-refractivity contribution in [1.29, 1.82) is 0 Å². The summed E-state index contributed by atoms with van der Waals surface area (Å²) in [4.78, 5) is 48.3. The maximum atomic E-state index is 13.4. The summed E-state index contributed by atoms with van der Waals surface area (Å²) in [5.74, 6) is 0.402. The van der Waals surface area contributed by atoms with E-state index in [-0.39, 0.29) is 23.3 Å². The van der Waals surface area contributed by atoms with Crippen LogP contribution in [0.15, 0.2) is 56.3 Å². The van der Waals surface area contributed by atoms with Crippen LogP contribution < -0.4 is 10.7 Å². The fourth-order valence-electron chi connectivity index (χ4n) is 4.85. The van der Waals surface area contributed by atoms with Crippen molar-refractivity contribution in [3.05, 3.63) is 63.2 Å². The number of nitrogens with one attached hydrogen (secondary N) is 2. The van der Waals surface area contributed by atoms with E-state index in [0.29, 0.717) is 34.5 Å². The van der Waals surface area contributed by atoms with Gasteiger partial charge in [-0.25, -0.2) is 9.78 Å². The SMILES string of the molecule is COC(=O)N[C@H](C(=O)N1CCC[C@H]1c1nc2ccc(-c3coc4cc(Br)ccc4c3=O)cc2[nH]1)C(C)C. The topological polar surface area (TPSA) is 118 Å². The van der Waals surface area contributed by atoms with Crippen LogP contribution >= 0.6 is 15.9 Å². The van der Waals surface area contributed by atoms with Crippen molar-refractivity contribution in [3.8, 4) is 11.1 Å². The molecule has 2 N–H and O–H groups in total. The second-order valence-electron chi connectivity index (χ2n) is 9.52. The lowest BCUT2D eigenvalue weighted by Gasteiger charge is -2.29. The second kappa shape index (κ2) is 10.0. The van der Waals surface area contributed by atoms with E-state index in [1.165, 1.54) is 13.4 Å². The standard InChI is InChI=1S/C27H27BrN4O5/c1-14(2)23(31-27(35)36-3)26(34)32-10-4-5-21(32)25-29-19-9-6-15(11-20(19)30-25)18-13-37-22-12-16(28)7-8-17(22)24(18)33/h6-9,11-14,21,23H,4-5,10H2,1-3H3,(H,29,30)(H,31,35)/t21-,23-/m0/s1. The number of rotatable bonds is 5. The summed E-state index contributed by atoms with van der Waals surface area (Å²) in [5, 5.41) is 3.17. The highest BCUT2D eigenvalue weighted by molar-refractivity contribution is 9.10. The molecule has 0 spiro atoms. The number of amides is 2. The van der Waals surface area contributed by atoms with Gasteiger partial charge in [0.05, 0.1) is 35.1 Å². The second-order valence-corrected chi connectivity index (χ2v) is 10.4. The van der Waals surface area contributed by atoms with Crippen LogP contribution in [0.25, 0.3) is 33.1 Å². The number of aromatic amines is 1. The third kappa shape index (κ3) is 4.73. The predicted molar refractivity (Wildman–Crippen MR) is 143 cm³/mol. The maximum absolute atomic E-state index is 13.4. The van der Waals surface area contributed by atoms with Gasteiger partial charge < -0.3 is 24.4 Å². The highest BCUT2D eigenvalue weighted by atomic mass is 79.9. The normalized spacial score (nSPS) is 16.5. The van der Waals surface area contributed by atoms with E-state index in [4.69, 9.17) is 14.1 Å². The molecular formula is C27H27BrN4O5. The van der Waals surface area contributed by atoms with Gasteiger partial charge in [0.2, 0.25) is 5.91 Å². The van der Waals surface area contributed by atoms with Gasteiger partial charge in [-0.05, 0) is 54.7 Å². The van der Waals surface area contributed by atoms with Gasteiger partial charge in [0.1, 0.15) is 23.7 Å². The van der Waals surface area contributed by atoms with E-state index in [2.05, 4.69) is 26.2 Å². The zero-order valence-electron chi connectivity index (χ0n) is 20.7. The van der Waals surface area contributed by atoms with E-state index < -0.39 is 12.1 Å². The van der Waals surface area contributed by atoms with Crippen molar-refractivity contribution >= 4 is 49.9 Å². The summed E-state index contributed by atoms with van der Waals surface area (Å²) < 4.78 is 11.3. The third-order valence-corrected chi connectivity index (χ3v) is 7.28. The number of halogens is 1. The van der Waals surface area contributed by atoms with Crippen molar-refractivity contribution < 1.29 is 18.7 Å². The number of carbonyl (C=O) groups excluding carboxylic acids is 2. The molecular weight excluding hydrogens is 540 g/mol. The highest BCUT2D eigenvalue weighted by Gasteiger charge is 2.37. The Labute approximate surface area is 221 Å². The fraction of sp³-hybridized carbons (Fsp3) is 0.333. The number of methoxy groups -OCH3 is 1. The van der Waals surface area contributed by atoms with Gasteiger partial charge in [-0.2, -0.15) is 0 Å². The number of ether oxygens (including phenoxy) is 1. The van der Waals surface area contributed by atoms with Crippen LogP contribution in [-0.2, 0) is 9.53 Å². The molecule has 2 aromatic carbocycles. The summed E-state index contributed by atoms with van der Waals surface area (Å²) in [6, 6.07) is 9.96. The molecule has 0 saturated carbocycles. The summed E-state index contributed by atoms with van der Waals surface area (Å²) in [6.45, 7) is 4.34. The minimum atomic E-state index is -0.697. The molecule has 10 heteroatoms. The van der Waals surface area contributed by atoms with Gasteiger partial charge in [-0.1, -0.05) is 35.8 Å². The summed E-state index contributed by atoms with van der Waals surface area (Å²) in [6.07, 6.45) is 2.43. The number of likely N-dealkylation sites (tertiary alicyclic amines) is 1. The molecule has 1 fully saturated rings. The van der Waals surface area contributed by atoms with Crippen LogP contribution in [0, 0.1) is 5.92 Å². The number of aromatic nitrogens is 2. The van der Waals surface area contributed by atoms with Gasteiger partial charge in [0.25, 0.3) is 0 Å². The number of alkyl carbamates (subject to hydrolysis) is 1. The number of imidazole rings is 1. The molecule has 1 aliphatic heterocycles. The van der Waals surface area contributed by atoms with E-state index in [1.54, 1.807) is 17.0 Å². The molecule has 3 heterocycles. The molecule has 9 nitrogen and oxygen atoms in total. The molecule has 0 aliphatic carbocycles. The summed E-state index contributed by atoms with van der Waals surface area (Å²) in [7, 11) is 1.28. The Bertz CT molecular complexity index is 1560. The van der Waals surface area contributed by atoms with Crippen LogP contribution in [0.5, 0.6) is 0 Å². The molecule has 4 aromatic rings. The zero-order valence-corrected chi connectivity index (χ0v) is 22.3. The van der Waals surface area contributed by atoms with Gasteiger partial charge in [-0.15, -0.1) is 0 Å². The Balaban J connectivity index is 1.46. The summed E-state index contributed by atoms with van der Waals surface area (Å²) in [5.41, 5.74) is 3.07. The van der Waals surface area contributed by atoms with Crippen molar-refractivity contribution in [2.75, 3.05) is 13.7 Å². The minimum absolute atomic E-state index is 0.110. The maximum Gasteiger partial charge on any atom is 0.407 e. The number of carbonyl (C=O) groups is 2. The van der Waals surface area contributed by atoms with Crippen LogP contribution in [0.1, 0.15) is 38.6 Å². The van der Waals surface area contributed by atoms with Crippen LogP contribution in [-0.4, -0.2) is 46.6 Å². The Hall–Kier alpha value is -3.66. The largest absolute Gasteiger partial charge is 0.463 e. The number of H-pyrrole nitrogens is 1. The van der Waals surface area contributed by atoms with Crippen molar-refractivity contribution in [2.24, 2.45) is 5.92 Å². The number of hydrogen-bond acceptors (Lipinski definition) is 6. The molecule has 2 atom stereocenters. The molecule has 37 heavy (non-hydrogen) atoms. The Morgan fingerprint density at radius 2 is 2.05 bits per heavy atom. The van der Waals surface area contributed by atoms with Gasteiger partial charge >= 0.3 is 6.09 Å². The lowest BCUT2D eigenvalue weighted by Crippen LogP contribution is -2.51. The van der Waals surface area contributed by atoms with Gasteiger partial charge in [-0.3, -0.25) is 9.59 Å². The van der Waals surface area contributed by atoms with Crippen LogP contribution in [0.3, 0.4) is 0 Å². The third-order valence-electron chi connectivity index (χ3n) is 6.79. The molecule has 2 aromatic heterocycles. The first-order valence-corrected chi connectivity index (χ1v) is 12.9. The van der Waals surface area contributed by atoms with Crippen LogP contribution in [0.4, 0.5) is 4.79 Å². The predicted octanol–water partition coefficient (Wildman–Crippen LogP) is 5.14. The molecule has 5 rings (SSSR count). The molecule has 192 valence electrons. The first kappa shape index (κ1) is 25.0. The number of nitrogens with zero attached hydrogens (tertiary/aromatic N) is 2. The molecule has 2 amide bonds. The smallest absolute Gasteiger partial charge is 0.407 e. The van der Waals surface area contributed by atoms with Crippen LogP contribution in [0.2, 0.25) is 0 Å². The Morgan fingerprint density at radius 3 is 2.81 bits per heavy atom. The highest BCUT2D eigenvalue weighted by Crippen LogP contribution is 2.33. The van der Waals surface area contributed by atoms with Crippen molar-refractivity contribution in [2.45, 2.75) is 38.8 Å². The Kier molecular flexibility index (Phi) is 6.76. The quantitative estimate of drug-likeness (QED) is 0.345. The molecule has 0 unspecified atom stereocenters. The van der Waals surface area contributed by atoms with E-state index in [1.807, 2.05) is 38.1 Å². The molecule has 1 aliphatic rings. The number of fused-ring (bicyclic) bond motifs is 2. The van der Waals surface area contributed by atoms with E-state index in [0.717, 1.165) is 28.3 Å². The molecule has 0 radical (unpaired) electrons. The number of benzene rings is 2. The first-order chi connectivity index (χ1) is 17.8. The summed E-state index contributed by atoms with van der Waals surface area (Å²) >= 11 is 3.40. The average Bonchev–Trinajstić information content (AvgIpc) is 3.53. The molecule has 0 bridgehead atoms. The first-order valence-electron chi connectivity index (χ1n) is 12.1. The Morgan fingerprint density at radius 1 is 1.24 bits per heavy atom. The van der Waals surface area contributed by atoms with Gasteiger partial charge in [0.15, 0.2) is 5.43 Å². The fourth-order valence-corrected chi connectivity index (χ4v) is 5.19. The lowest BCUT2D eigenvalue weighted by atomic mass is 10.0. The van der Waals surface area contributed by atoms with Crippen molar-refractivity contribution in [3.63, 3.8) is 0 Å². The lowest BCUT2D eigenvalue weighted by molar-refractivity contribution is -0.135. The monoisotopic (exact) mass is 566 g/mol. The van der Waals surface area contributed by atoms with E-state index >= 15 is 0 Å². The minimum Gasteiger partial charge on any atom is -0.463 e. The van der Waals surface area contributed by atoms with Crippen molar-refractivity contribution in [1.82, 2.24) is 20.2 Å². The number of hydrogen-bond donors (Lipinski definition) is 2. The average molecular weight is 567 g/mol. The zero-order chi connectivity index (χ0) is 26.3.